The second-order valence-electron chi connectivity index (χ2n) is 6.45. The normalized spacial score (nSPS) is 14.9. The van der Waals surface area contributed by atoms with Crippen molar-refractivity contribution in [3.05, 3.63) is 54.2 Å². The standard InChI is InChI=1S/C21H28N4O2.HI/c1-3-26-20-15-17(9-12-23-20)16-24-21(22-2)25-13-10-19(11-14-25)27-18-7-5-4-6-8-18;/h4-9,12,15,19H,3,10-11,13-14,16H2,1-2H3,(H,22,24);1H. The monoisotopic (exact) mass is 496 g/mol. The summed E-state index contributed by atoms with van der Waals surface area (Å²) in [5, 5.41) is 3.44. The van der Waals surface area contributed by atoms with Crippen LogP contribution >= 0.6 is 24.0 Å². The van der Waals surface area contributed by atoms with E-state index in [-0.39, 0.29) is 30.1 Å². The number of pyridine rings is 1. The summed E-state index contributed by atoms with van der Waals surface area (Å²) in [7, 11) is 1.83. The zero-order valence-electron chi connectivity index (χ0n) is 16.5. The van der Waals surface area contributed by atoms with E-state index in [1.807, 2.05) is 56.4 Å². The summed E-state index contributed by atoms with van der Waals surface area (Å²) in [6.45, 7) is 5.12. The Morgan fingerprint density at radius 1 is 1.21 bits per heavy atom. The number of ether oxygens (including phenoxy) is 2. The Balaban J connectivity index is 0.00000280. The fourth-order valence-electron chi connectivity index (χ4n) is 3.18. The van der Waals surface area contributed by atoms with Crippen LogP contribution < -0.4 is 14.8 Å². The van der Waals surface area contributed by atoms with Crippen LogP contribution in [0.2, 0.25) is 0 Å². The first kappa shape index (κ1) is 22.3. The number of nitrogens with zero attached hydrogens (tertiary/aromatic N) is 3. The van der Waals surface area contributed by atoms with Gasteiger partial charge in [-0.25, -0.2) is 4.98 Å². The van der Waals surface area contributed by atoms with Crippen LogP contribution in [0.1, 0.15) is 25.3 Å². The van der Waals surface area contributed by atoms with Crippen molar-refractivity contribution < 1.29 is 9.47 Å². The van der Waals surface area contributed by atoms with Crippen molar-refractivity contribution in [3.63, 3.8) is 0 Å². The maximum Gasteiger partial charge on any atom is 0.213 e. The number of guanidine groups is 1. The van der Waals surface area contributed by atoms with Crippen LogP contribution in [0.4, 0.5) is 0 Å². The summed E-state index contributed by atoms with van der Waals surface area (Å²) in [6, 6.07) is 14.0. The molecule has 0 atom stereocenters. The molecule has 1 saturated heterocycles. The van der Waals surface area contributed by atoms with Crippen LogP contribution in [0.5, 0.6) is 11.6 Å². The van der Waals surface area contributed by atoms with Gasteiger partial charge in [0.05, 0.1) is 6.61 Å². The molecule has 0 saturated carbocycles. The van der Waals surface area contributed by atoms with E-state index in [4.69, 9.17) is 9.47 Å². The maximum atomic E-state index is 6.07. The number of halogens is 1. The van der Waals surface area contributed by atoms with Crippen LogP contribution in [0.3, 0.4) is 0 Å². The highest BCUT2D eigenvalue weighted by molar-refractivity contribution is 14.0. The van der Waals surface area contributed by atoms with E-state index in [0.29, 0.717) is 19.0 Å². The molecule has 3 rings (SSSR count). The van der Waals surface area contributed by atoms with Gasteiger partial charge in [0.2, 0.25) is 5.88 Å². The average molecular weight is 496 g/mol. The highest BCUT2D eigenvalue weighted by Gasteiger charge is 2.22. The third kappa shape index (κ3) is 6.54. The lowest BCUT2D eigenvalue weighted by Crippen LogP contribution is -2.47. The number of para-hydroxylation sites is 1. The minimum absolute atomic E-state index is 0. The van der Waals surface area contributed by atoms with Gasteiger partial charge in [-0.1, -0.05) is 18.2 Å². The van der Waals surface area contributed by atoms with E-state index in [1.165, 1.54) is 0 Å². The summed E-state index contributed by atoms with van der Waals surface area (Å²) in [4.78, 5) is 10.9. The quantitative estimate of drug-likeness (QED) is 0.376. The number of aromatic nitrogens is 1. The van der Waals surface area contributed by atoms with Gasteiger partial charge in [0.25, 0.3) is 0 Å². The molecular weight excluding hydrogens is 467 g/mol. The molecule has 2 aromatic rings. The molecule has 1 aromatic carbocycles. The van der Waals surface area contributed by atoms with Crippen molar-refractivity contribution in [2.45, 2.75) is 32.4 Å². The van der Waals surface area contributed by atoms with Gasteiger partial charge in [-0.2, -0.15) is 0 Å². The van der Waals surface area contributed by atoms with Crippen LogP contribution in [0.25, 0.3) is 0 Å². The molecule has 1 aliphatic rings. The molecule has 0 unspecified atom stereocenters. The Labute approximate surface area is 184 Å². The van der Waals surface area contributed by atoms with E-state index >= 15 is 0 Å². The molecule has 0 aliphatic carbocycles. The molecule has 0 radical (unpaired) electrons. The Morgan fingerprint density at radius 3 is 2.64 bits per heavy atom. The summed E-state index contributed by atoms with van der Waals surface area (Å²) in [5.74, 6) is 2.52. The number of nitrogens with one attached hydrogen (secondary N) is 1. The second-order valence-corrected chi connectivity index (χ2v) is 6.45. The molecular formula is C21H29IN4O2. The summed E-state index contributed by atoms with van der Waals surface area (Å²) < 4.78 is 11.5. The molecule has 0 amide bonds. The summed E-state index contributed by atoms with van der Waals surface area (Å²) >= 11 is 0. The molecule has 1 N–H and O–H groups in total. The van der Waals surface area contributed by atoms with E-state index < -0.39 is 0 Å². The molecule has 6 nitrogen and oxygen atoms in total. The lowest BCUT2D eigenvalue weighted by molar-refractivity contribution is 0.129. The zero-order chi connectivity index (χ0) is 18.9. The first-order valence-electron chi connectivity index (χ1n) is 9.53. The third-order valence-electron chi connectivity index (χ3n) is 4.54. The van der Waals surface area contributed by atoms with Crippen molar-refractivity contribution >= 4 is 29.9 Å². The van der Waals surface area contributed by atoms with Crippen LogP contribution in [-0.2, 0) is 6.54 Å². The number of likely N-dealkylation sites (tertiary alicyclic amines) is 1. The highest BCUT2D eigenvalue weighted by atomic mass is 127. The Hall–Kier alpha value is -2.03. The van der Waals surface area contributed by atoms with E-state index in [9.17, 15) is 0 Å². The fourth-order valence-corrected chi connectivity index (χ4v) is 3.18. The van der Waals surface area contributed by atoms with E-state index in [0.717, 1.165) is 43.2 Å². The molecule has 0 bridgehead atoms. The van der Waals surface area contributed by atoms with Gasteiger partial charge in [0.1, 0.15) is 11.9 Å². The molecule has 1 aromatic heterocycles. The number of aliphatic imine (C=N–C) groups is 1. The molecule has 152 valence electrons. The predicted molar refractivity (Wildman–Crippen MR) is 123 cm³/mol. The van der Waals surface area contributed by atoms with Gasteiger partial charge >= 0.3 is 0 Å². The lowest BCUT2D eigenvalue weighted by Gasteiger charge is -2.34. The van der Waals surface area contributed by atoms with Gasteiger partial charge in [-0.15, -0.1) is 24.0 Å². The second kappa shape index (κ2) is 11.7. The average Bonchev–Trinajstić information content (AvgIpc) is 2.71. The third-order valence-corrected chi connectivity index (χ3v) is 4.54. The minimum atomic E-state index is 0. The van der Waals surface area contributed by atoms with Crippen LogP contribution in [0.15, 0.2) is 53.7 Å². The van der Waals surface area contributed by atoms with Gasteiger partial charge in [-0.3, -0.25) is 4.99 Å². The maximum absolute atomic E-state index is 6.07. The van der Waals surface area contributed by atoms with Gasteiger partial charge in [0, 0.05) is 51.8 Å². The lowest BCUT2D eigenvalue weighted by atomic mass is 10.1. The van der Waals surface area contributed by atoms with Crippen LogP contribution in [0, 0.1) is 0 Å². The van der Waals surface area contributed by atoms with E-state index in [1.54, 1.807) is 6.20 Å². The Bertz CT molecular complexity index is 734. The molecule has 1 fully saturated rings. The summed E-state index contributed by atoms with van der Waals surface area (Å²) in [5.41, 5.74) is 1.12. The number of rotatable bonds is 6. The number of hydrogen-bond acceptors (Lipinski definition) is 4. The molecule has 2 heterocycles. The Kier molecular flexibility index (Phi) is 9.33. The van der Waals surface area contributed by atoms with Gasteiger partial charge in [-0.05, 0) is 30.7 Å². The number of hydrogen-bond donors (Lipinski definition) is 1. The Morgan fingerprint density at radius 2 is 1.96 bits per heavy atom. The van der Waals surface area contributed by atoms with E-state index in [2.05, 4.69) is 20.2 Å². The van der Waals surface area contributed by atoms with Crippen molar-refractivity contribution in [3.8, 4) is 11.6 Å². The van der Waals surface area contributed by atoms with Crippen molar-refractivity contribution in [1.82, 2.24) is 15.2 Å². The first-order valence-corrected chi connectivity index (χ1v) is 9.53. The summed E-state index contributed by atoms with van der Waals surface area (Å²) in [6.07, 6.45) is 4.01. The first-order chi connectivity index (χ1) is 13.3. The molecule has 1 aliphatic heterocycles. The minimum Gasteiger partial charge on any atom is -0.490 e. The topological polar surface area (TPSA) is 59.0 Å². The fraction of sp³-hybridized carbons (Fsp3) is 0.429. The highest BCUT2D eigenvalue weighted by Crippen LogP contribution is 2.18. The van der Waals surface area contributed by atoms with Crippen molar-refractivity contribution in [2.24, 2.45) is 4.99 Å². The smallest absolute Gasteiger partial charge is 0.213 e. The van der Waals surface area contributed by atoms with Gasteiger partial charge < -0.3 is 19.7 Å². The molecule has 0 spiro atoms. The molecule has 28 heavy (non-hydrogen) atoms. The van der Waals surface area contributed by atoms with Crippen LogP contribution in [-0.4, -0.2) is 48.7 Å². The number of benzene rings is 1. The van der Waals surface area contributed by atoms with Gasteiger partial charge in [0.15, 0.2) is 5.96 Å². The zero-order valence-corrected chi connectivity index (χ0v) is 18.8. The number of piperidine rings is 1. The molecule has 7 heteroatoms. The van der Waals surface area contributed by atoms with Crippen molar-refractivity contribution in [1.29, 1.82) is 0 Å². The largest absolute Gasteiger partial charge is 0.490 e. The van der Waals surface area contributed by atoms with Crippen molar-refractivity contribution in [2.75, 3.05) is 26.7 Å². The SMILES string of the molecule is CCOc1cc(CNC(=NC)N2CCC(Oc3ccccc3)CC2)ccn1.I. The predicted octanol–water partition coefficient (Wildman–Crippen LogP) is 3.72.